The molecule has 19 heavy (non-hydrogen) atoms. The van der Waals surface area contributed by atoms with Crippen LogP contribution < -0.4 is 11.3 Å². The smallest absolute Gasteiger partial charge is 0.0447 e. The lowest BCUT2D eigenvalue weighted by Gasteiger charge is -2.40. The van der Waals surface area contributed by atoms with Gasteiger partial charge < -0.3 is 0 Å². The topological polar surface area (TPSA) is 38.0 Å². The molecule has 1 unspecified atom stereocenters. The number of nitrogens with one attached hydrogen (secondary N) is 1. The highest BCUT2D eigenvalue weighted by Crippen LogP contribution is 2.42. The van der Waals surface area contributed by atoms with Crippen LogP contribution in [0.5, 0.6) is 0 Å². The number of hydrazine groups is 1. The Bertz CT molecular complexity index is 306. The first-order valence-corrected chi connectivity index (χ1v) is 8.17. The Morgan fingerprint density at radius 3 is 2.32 bits per heavy atom. The average Bonchev–Trinajstić information content (AvgIpc) is 2.40. The minimum atomic E-state index is 0.446. The molecule has 0 radical (unpaired) electrons. The Balaban J connectivity index is 1.93. The SMILES string of the molecule is CC(C)(C)C1CCC(C(NN)C2=CCCCC2)CC1. The van der Waals surface area contributed by atoms with Crippen LogP contribution in [0, 0.1) is 17.3 Å². The van der Waals surface area contributed by atoms with Gasteiger partial charge in [-0.3, -0.25) is 11.3 Å². The molecule has 0 aromatic heterocycles. The van der Waals surface area contributed by atoms with Crippen LogP contribution in [-0.4, -0.2) is 6.04 Å². The Morgan fingerprint density at radius 2 is 1.84 bits per heavy atom. The molecule has 0 saturated heterocycles. The van der Waals surface area contributed by atoms with E-state index in [9.17, 15) is 0 Å². The van der Waals surface area contributed by atoms with E-state index in [-0.39, 0.29) is 0 Å². The molecule has 1 saturated carbocycles. The van der Waals surface area contributed by atoms with E-state index in [0.717, 1.165) is 11.8 Å². The van der Waals surface area contributed by atoms with Crippen LogP contribution in [0.1, 0.15) is 72.1 Å². The third-order valence-electron chi connectivity index (χ3n) is 5.37. The van der Waals surface area contributed by atoms with Crippen LogP contribution in [0.2, 0.25) is 0 Å². The number of rotatable bonds is 3. The van der Waals surface area contributed by atoms with Crippen molar-refractivity contribution in [2.24, 2.45) is 23.1 Å². The summed E-state index contributed by atoms with van der Waals surface area (Å²) in [6.45, 7) is 7.17. The van der Waals surface area contributed by atoms with Gasteiger partial charge in [0.25, 0.3) is 0 Å². The fourth-order valence-corrected chi connectivity index (χ4v) is 4.01. The predicted octanol–water partition coefficient (Wildman–Crippen LogP) is 4.17. The van der Waals surface area contributed by atoms with Crippen molar-refractivity contribution in [3.63, 3.8) is 0 Å². The van der Waals surface area contributed by atoms with Gasteiger partial charge in [-0.1, -0.05) is 32.4 Å². The molecule has 0 heterocycles. The number of allylic oxidation sites excluding steroid dienone is 1. The molecule has 1 fully saturated rings. The summed E-state index contributed by atoms with van der Waals surface area (Å²) in [6.07, 6.45) is 13.1. The molecule has 2 heteroatoms. The second kappa shape index (κ2) is 6.41. The fourth-order valence-electron chi connectivity index (χ4n) is 4.01. The molecule has 0 aromatic carbocycles. The Labute approximate surface area is 119 Å². The summed E-state index contributed by atoms with van der Waals surface area (Å²) < 4.78 is 0. The molecule has 2 aliphatic rings. The molecule has 110 valence electrons. The minimum absolute atomic E-state index is 0.446. The lowest BCUT2D eigenvalue weighted by atomic mass is 9.67. The quantitative estimate of drug-likeness (QED) is 0.456. The highest BCUT2D eigenvalue weighted by atomic mass is 15.2. The predicted molar refractivity (Wildman–Crippen MR) is 82.6 cm³/mol. The molecule has 0 aliphatic heterocycles. The van der Waals surface area contributed by atoms with E-state index in [1.807, 2.05) is 0 Å². The van der Waals surface area contributed by atoms with Gasteiger partial charge in [-0.25, -0.2) is 0 Å². The summed E-state index contributed by atoms with van der Waals surface area (Å²) in [5.74, 6) is 7.51. The standard InChI is InChI=1S/C17H32N2/c1-17(2,3)15-11-9-14(10-12-15)16(19-18)13-7-5-4-6-8-13/h7,14-16,19H,4-6,8-12,18H2,1-3H3. The van der Waals surface area contributed by atoms with Crippen molar-refractivity contribution in [2.45, 2.75) is 78.2 Å². The third kappa shape index (κ3) is 3.82. The van der Waals surface area contributed by atoms with E-state index < -0.39 is 0 Å². The van der Waals surface area contributed by atoms with E-state index >= 15 is 0 Å². The summed E-state index contributed by atoms with van der Waals surface area (Å²) >= 11 is 0. The van der Waals surface area contributed by atoms with E-state index in [4.69, 9.17) is 5.84 Å². The first-order chi connectivity index (χ1) is 9.02. The Kier molecular flexibility index (Phi) is 5.08. The number of nitrogens with two attached hydrogens (primary N) is 1. The van der Waals surface area contributed by atoms with Crippen molar-refractivity contribution in [3.05, 3.63) is 11.6 Å². The van der Waals surface area contributed by atoms with Crippen LogP contribution in [0.4, 0.5) is 0 Å². The van der Waals surface area contributed by atoms with Gasteiger partial charge in [0.05, 0.1) is 0 Å². The van der Waals surface area contributed by atoms with Crippen molar-refractivity contribution < 1.29 is 0 Å². The van der Waals surface area contributed by atoms with Gasteiger partial charge >= 0.3 is 0 Å². The third-order valence-corrected chi connectivity index (χ3v) is 5.37. The maximum Gasteiger partial charge on any atom is 0.0447 e. The van der Waals surface area contributed by atoms with Crippen molar-refractivity contribution in [2.75, 3.05) is 0 Å². The molecule has 2 nitrogen and oxygen atoms in total. The summed E-state index contributed by atoms with van der Waals surface area (Å²) in [4.78, 5) is 0. The van der Waals surface area contributed by atoms with Gasteiger partial charge in [0.15, 0.2) is 0 Å². The van der Waals surface area contributed by atoms with Gasteiger partial charge in [-0.15, -0.1) is 0 Å². The summed E-state index contributed by atoms with van der Waals surface area (Å²) in [6, 6.07) is 0.446. The monoisotopic (exact) mass is 264 g/mol. The zero-order valence-electron chi connectivity index (χ0n) is 13.0. The maximum atomic E-state index is 5.86. The molecule has 0 bridgehead atoms. The van der Waals surface area contributed by atoms with Crippen molar-refractivity contribution >= 4 is 0 Å². The Morgan fingerprint density at radius 1 is 1.16 bits per heavy atom. The highest BCUT2D eigenvalue weighted by molar-refractivity contribution is 5.14. The van der Waals surface area contributed by atoms with Crippen LogP contribution in [0.25, 0.3) is 0 Å². The lowest BCUT2D eigenvalue weighted by molar-refractivity contribution is 0.137. The first-order valence-electron chi connectivity index (χ1n) is 8.17. The van der Waals surface area contributed by atoms with Gasteiger partial charge in [0, 0.05) is 6.04 Å². The van der Waals surface area contributed by atoms with Crippen LogP contribution >= 0.6 is 0 Å². The zero-order chi connectivity index (χ0) is 13.9. The van der Waals surface area contributed by atoms with Gasteiger partial charge in [0.2, 0.25) is 0 Å². The number of hydrogen-bond donors (Lipinski definition) is 2. The van der Waals surface area contributed by atoms with Crippen molar-refractivity contribution in [3.8, 4) is 0 Å². The molecule has 2 rings (SSSR count). The molecular weight excluding hydrogens is 232 g/mol. The highest BCUT2D eigenvalue weighted by Gasteiger charge is 2.33. The Hall–Kier alpha value is -0.340. The van der Waals surface area contributed by atoms with Gasteiger partial charge in [-0.05, 0) is 68.6 Å². The molecule has 3 N–H and O–H groups in total. The summed E-state index contributed by atoms with van der Waals surface area (Å²) in [7, 11) is 0. The van der Waals surface area contributed by atoms with E-state index in [1.54, 1.807) is 5.57 Å². The van der Waals surface area contributed by atoms with E-state index in [0.29, 0.717) is 11.5 Å². The first kappa shape index (κ1) is 15.1. The van der Waals surface area contributed by atoms with Crippen molar-refractivity contribution in [1.82, 2.24) is 5.43 Å². The maximum absolute atomic E-state index is 5.86. The van der Waals surface area contributed by atoms with Gasteiger partial charge in [0.1, 0.15) is 0 Å². The average molecular weight is 264 g/mol. The number of hydrogen-bond acceptors (Lipinski definition) is 2. The molecule has 0 spiro atoms. The zero-order valence-corrected chi connectivity index (χ0v) is 13.0. The fraction of sp³-hybridized carbons (Fsp3) is 0.882. The molecule has 1 atom stereocenters. The second-order valence-electron chi connectivity index (χ2n) is 7.65. The minimum Gasteiger partial charge on any atom is -0.271 e. The van der Waals surface area contributed by atoms with Gasteiger partial charge in [-0.2, -0.15) is 0 Å². The normalized spacial score (nSPS) is 30.8. The largest absolute Gasteiger partial charge is 0.271 e. The summed E-state index contributed by atoms with van der Waals surface area (Å²) in [5, 5.41) is 0. The molecule has 2 aliphatic carbocycles. The van der Waals surface area contributed by atoms with Crippen LogP contribution in [-0.2, 0) is 0 Å². The second-order valence-corrected chi connectivity index (χ2v) is 7.65. The van der Waals surface area contributed by atoms with Crippen molar-refractivity contribution in [1.29, 1.82) is 0 Å². The summed E-state index contributed by atoms with van der Waals surface area (Å²) in [5.41, 5.74) is 5.19. The molecule has 0 aromatic rings. The molecule has 0 amide bonds. The molecular formula is C17H32N2. The lowest BCUT2D eigenvalue weighted by Crippen LogP contribution is -2.44. The van der Waals surface area contributed by atoms with E-state index in [2.05, 4.69) is 32.3 Å². The van der Waals surface area contributed by atoms with E-state index in [1.165, 1.54) is 51.4 Å². The van der Waals surface area contributed by atoms with Crippen LogP contribution in [0.15, 0.2) is 11.6 Å². The van der Waals surface area contributed by atoms with Crippen LogP contribution in [0.3, 0.4) is 0 Å².